The fraction of sp³-hybridized carbons (Fsp3) is 0.250. The van der Waals surface area contributed by atoms with Crippen molar-refractivity contribution in [1.29, 1.82) is 0 Å². The first-order valence-electron chi connectivity index (χ1n) is 3.15. The van der Waals surface area contributed by atoms with Crippen LogP contribution in [-0.4, -0.2) is 17.0 Å². The van der Waals surface area contributed by atoms with Crippen LogP contribution in [0.4, 0.5) is 0 Å². The normalized spacial score (nSPS) is 7.08. The molecule has 0 aliphatic heterocycles. The maximum absolute atomic E-state index is 9.75. The van der Waals surface area contributed by atoms with Crippen molar-refractivity contribution in [2.75, 3.05) is 0 Å². The lowest BCUT2D eigenvalue weighted by Crippen LogP contribution is -1.88. The molecule has 0 fully saturated rings. The Morgan fingerprint density at radius 2 is 2.00 bits per heavy atom. The Morgan fingerprint density at radius 1 is 1.50 bits per heavy atom. The molecule has 0 aliphatic carbocycles. The van der Waals surface area contributed by atoms with Gasteiger partial charge in [0.25, 0.3) is 0 Å². The molecule has 0 saturated carbocycles. The molecule has 4 nitrogen and oxygen atoms in total. The topological polar surface area (TPSA) is 63.6 Å². The van der Waals surface area contributed by atoms with Crippen molar-refractivity contribution in [3.05, 3.63) is 25.5 Å². The van der Waals surface area contributed by atoms with Crippen molar-refractivity contribution < 1.29 is 19.4 Å². The molecule has 0 saturated heterocycles. The molecule has 0 bridgehead atoms. The minimum atomic E-state index is -0.829. The number of ether oxygens (including phenoxy) is 1. The lowest BCUT2D eigenvalue weighted by Gasteiger charge is -1.83. The third kappa shape index (κ3) is 23.7. The molecule has 0 amide bonds. The van der Waals surface area contributed by atoms with Crippen LogP contribution >= 0.6 is 0 Å². The molecule has 0 heterocycles. The number of carbonyl (C=O) groups is 2. The SMILES string of the molecule is C=CCC(=O)O.C=COC(C)=O. The fourth-order valence-corrected chi connectivity index (χ4v) is 0.241. The van der Waals surface area contributed by atoms with Crippen LogP contribution in [0.5, 0.6) is 0 Å². The van der Waals surface area contributed by atoms with E-state index >= 15 is 0 Å². The molecule has 0 spiro atoms. The van der Waals surface area contributed by atoms with E-state index in [0.717, 1.165) is 6.26 Å². The molecular weight excluding hydrogens is 160 g/mol. The van der Waals surface area contributed by atoms with E-state index in [0.29, 0.717) is 0 Å². The largest absolute Gasteiger partial charge is 0.481 e. The van der Waals surface area contributed by atoms with Gasteiger partial charge in [0.05, 0.1) is 12.7 Å². The van der Waals surface area contributed by atoms with E-state index in [4.69, 9.17) is 5.11 Å². The molecule has 0 radical (unpaired) electrons. The summed E-state index contributed by atoms with van der Waals surface area (Å²) in [5, 5.41) is 7.84. The van der Waals surface area contributed by atoms with Crippen LogP contribution in [0.1, 0.15) is 13.3 Å². The molecule has 0 aliphatic rings. The third-order valence-electron chi connectivity index (χ3n) is 0.568. The summed E-state index contributed by atoms with van der Waals surface area (Å²) >= 11 is 0. The van der Waals surface area contributed by atoms with Gasteiger partial charge in [-0.3, -0.25) is 9.59 Å². The van der Waals surface area contributed by atoms with Crippen molar-refractivity contribution >= 4 is 11.9 Å². The first kappa shape index (κ1) is 13.0. The minimum Gasteiger partial charge on any atom is -0.481 e. The van der Waals surface area contributed by atoms with E-state index in [1.54, 1.807) is 0 Å². The Hall–Kier alpha value is -1.58. The van der Waals surface area contributed by atoms with E-state index < -0.39 is 5.97 Å². The van der Waals surface area contributed by atoms with Gasteiger partial charge in [0.1, 0.15) is 0 Å². The van der Waals surface area contributed by atoms with E-state index in [9.17, 15) is 9.59 Å². The zero-order valence-corrected chi connectivity index (χ0v) is 6.95. The molecule has 12 heavy (non-hydrogen) atoms. The van der Waals surface area contributed by atoms with Gasteiger partial charge >= 0.3 is 11.9 Å². The summed E-state index contributed by atoms with van der Waals surface area (Å²) in [7, 11) is 0. The molecule has 68 valence electrons. The van der Waals surface area contributed by atoms with Crippen LogP contribution in [0.2, 0.25) is 0 Å². The number of carbonyl (C=O) groups excluding carboxylic acids is 1. The van der Waals surface area contributed by atoms with Gasteiger partial charge in [0.2, 0.25) is 0 Å². The second-order valence-corrected chi connectivity index (χ2v) is 1.66. The van der Waals surface area contributed by atoms with Crippen molar-refractivity contribution in [1.82, 2.24) is 0 Å². The Morgan fingerprint density at radius 3 is 2.00 bits per heavy atom. The van der Waals surface area contributed by atoms with Gasteiger partial charge in [0, 0.05) is 6.92 Å². The number of hydrogen-bond donors (Lipinski definition) is 1. The Bertz CT molecular complexity index is 152. The summed E-state index contributed by atoms with van der Waals surface area (Å²) in [5.74, 6) is -1.16. The van der Waals surface area contributed by atoms with Crippen molar-refractivity contribution in [2.24, 2.45) is 0 Å². The average Bonchev–Trinajstić information content (AvgIpc) is 1.87. The van der Waals surface area contributed by atoms with E-state index in [2.05, 4.69) is 17.9 Å². The van der Waals surface area contributed by atoms with Gasteiger partial charge in [-0.25, -0.2) is 0 Å². The molecule has 0 aromatic rings. The number of carboxylic acids is 1. The lowest BCUT2D eigenvalue weighted by molar-refractivity contribution is -0.136. The molecule has 4 heteroatoms. The van der Waals surface area contributed by atoms with E-state index in [-0.39, 0.29) is 12.4 Å². The van der Waals surface area contributed by atoms with E-state index in [1.807, 2.05) is 0 Å². The highest BCUT2D eigenvalue weighted by atomic mass is 16.5. The second-order valence-electron chi connectivity index (χ2n) is 1.66. The summed E-state index contributed by atoms with van der Waals surface area (Å²) in [6.07, 6.45) is 2.50. The maximum atomic E-state index is 9.75. The summed E-state index contributed by atoms with van der Waals surface area (Å²) < 4.78 is 4.17. The van der Waals surface area contributed by atoms with Crippen molar-refractivity contribution in [3.8, 4) is 0 Å². The maximum Gasteiger partial charge on any atom is 0.307 e. The molecule has 0 atom stereocenters. The third-order valence-corrected chi connectivity index (χ3v) is 0.568. The predicted molar refractivity (Wildman–Crippen MR) is 44.4 cm³/mol. The highest BCUT2D eigenvalue weighted by Gasteiger charge is 1.84. The Labute approximate surface area is 71.2 Å². The lowest BCUT2D eigenvalue weighted by atomic mass is 10.4. The first-order chi connectivity index (χ1) is 5.54. The minimum absolute atomic E-state index is 0.0556. The summed E-state index contributed by atoms with van der Waals surface area (Å²) in [6, 6.07) is 0. The molecular formula is C8H12O4. The van der Waals surface area contributed by atoms with Crippen LogP contribution in [0.15, 0.2) is 25.5 Å². The number of carboxylic acid groups (broad SMARTS) is 1. The monoisotopic (exact) mass is 172 g/mol. The molecule has 0 unspecified atom stereocenters. The first-order valence-corrected chi connectivity index (χ1v) is 3.15. The van der Waals surface area contributed by atoms with Crippen molar-refractivity contribution in [2.45, 2.75) is 13.3 Å². The van der Waals surface area contributed by atoms with Gasteiger partial charge < -0.3 is 9.84 Å². The van der Waals surface area contributed by atoms with Gasteiger partial charge in [-0.1, -0.05) is 12.7 Å². The van der Waals surface area contributed by atoms with Crippen LogP contribution in [-0.2, 0) is 14.3 Å². The zero-order valence-electron chi connectivity index (χ0n) is 6.95. The number of esters is 1. The van der Waals surface area contributed by atoms with Crippen LogP contribution in [0.25, 0.3) is 0 Å². The van der Waals surface area contributed by atoms with Crippen LogP contribution in [0.3, 0.4) is 0 Å². The predicted octanol–water partition coefficient (Wildman–Crippen LogP) is 1.34. The summed E-state index contributed by atoms with van der Waals surface area (Å²) in [6.45, 7) is 7.70. The fourth-order valence-electron chi connectivity index (χ4n) is 0.241. The highest BCUT2D eigenvalue weighted by molar-refractivity contribution is 5.68. The second kappa shape index (κ2) is 9.42. The smallest absolute Gasteiger partial charge is 0.307 e. The van der Waals surface area contributed by atoms with Gasteiger partial charge in [-0.2, -0.15) is 0 Å². The zero-order chi connectivity index (χ0) is 9.98. The van der Waals surface area contributed by atoms with Gasteiger partial charge in [-0.05, 0) is 0 Å². The Balaban J connectivity index is 0. The van der Waals surface area contributed by atoms with Crippen LogP contribution in [0, 0.1) is 0 Å². The quantitative estimate of drug-likeness (QED) is 0.396. The molecule has 1 N–H and O–H groups in total. The number of hydrogen-bond acceptors (Lipinski definition) is 3. The highest BCUT2D eigenvalue weighted by Crippen LogP contribution is 1.74. The van der Waals surface area contributed by atoms with Crippen LogP contribution < -0.4 is 0 Å². The number of aliphatic carboxylic acids is 1. The van der Waals surface area contributed by atoms with Crippen molar-refractivity contribution in [3.63, 3.8) is 0 Å². The molecule has 0 aromatic carbocycles. The summed E-state index contributed by atoms with van der Waals surface area (Å²) in [4.78, 5) is 19.3. The Kier molecular flexibility index (Phi) is 10.2. The average molecular weight is 172 g/mol. The molecule has 0 aromatic heterocycles. The number of rotatable bonds is 3. The standard InChI is InChI=1S/2C4H6O2/c1-3-6-4(2)5;1-2-3-4(5)6/h3H,1H2,2H3;2H,1,3H2,(H,5,6). The van der Waals surface area contributed by atoms with Gasteiger partial charge in [-0.15, -0.1) is 6.58 Å². The summed E-state index contributed by atoms with van der Waals surface area (Å²) in [5.41, 5.74) is 0. The van der Waals surface area contributed by atoms with Gasteiger partial charge in [0.15, 0.2) is 0 Å². The molecule has 0 rings (SSSR count). The van der Waals surface area contributed by atoms with E-state index in [1.165, 1.54) is 13.0 Å².